The van der Waals surface area contributed by atoms with E-state index in [9.17, 15) is 14.7 Å². The molecule has 2 aromatic carbocycles. The number of hydrogen-bond acceptors (Lipinski definition) is 5. The molecule has 1 amide bonds. The van der Waals surface area contributed by atoms with Crippen LogP contribution in [0.2, 0.25) is 10.0 Å². The van der Waals surface area contributed by atoms with Gasteiger partial charge in [0.2, 0.25) is 0 Å². The number of phenolic OH excluding ortho intramolecular Hbond substituents is 1. The molecule has 0 spiro atoms. The van der Waals surface area contributed by atoms with Gasteiger partial charge in [-0.3, -0.25) is 4.79 Å². The van der Waals surface area contributed by atoms with Crippen LogP contribution in [0.1, 0.15) is 22.8 Å². The minimum Gasteiger partial charge on any atom is -0.507 e. The van der Waals surface area contributed by atoms with E-state index in [-0.39, 0.29) is 26.9 Å². The molecule has 0 radical (unpaired) electrons. The summed E-state index contributed by atoms with van der Waals surface area (Å²) in [7, 11) is 0. The highest BCUT2D eigenvalue weighted by atomic mass is 35.5. The van der Waals surface area contributed by atoms with Gasteiger partial charge in [-0.25, -0.2) is 4.79 Å². The van der Waals surface area contributed by atoms with Crippen LogP contribution < -0.4 is 5.32 Å². The first-order valence-electron chi connectivity index (χ1n) is 7.02. The largest absolute Gasteiger partial charge is 0.507 e. The average Bonchev–Trinajstić information content (AvgIpc) is 2.54. The van der Waals surface area contributed by atoms with Gasteiger partial charge in [-0.1, -0.05) is 23.2 Å². The molecule has 0 aliphatic carbocycles. The van der Waals surface area contributed by atoms with Gasteiger partial charge in [0.1, 0.15) is 17.4 Å². The Bertz CT molecular complexity index is 877. The maximum atomic E-state index is 12.1. The number of nitrogens with one attached hydrogen (secondary N) is 1. The fourth-order valence-corrected chi connectivity index (χ4v) is 2.27. The van der Waals surface area contributed by atoms with Gasteiger partial charge in [0.25, 0.3) is 5.91 Å². The molecule has 0 aliphatic heterocycles. The summed E-state index contributed by atoms with van der Waals surface area (Å²) < 4.78 is 5.03. The number of nitriles is 1. The molecule has 25 heavy (non-hydrogen) atoms. The van der Waals surface area contributed by atoms with Crippen molar-refractivity contribution in [3.8, 4) is 11.8 Å². The number of aromatic hydroxyl groups is 1. The maximum Gasteiger partial charge on any atom is 0.342 e. The number of nitrogens with zero attached hydrogens (tertiary/aromatic N) is 1. The predicted molar refractivity (Wildman–Crippen MR) is 92.8 cm³/mol. The summed E-state index contributed by atoms with van der Waals surface area (Å²) in [5.74, 6) is -1.80. The van der Waals surface area contributed by atoms with E-state index in [1.165, 1.54) is 43.3 Å². The molecule has 0 aliphatic rings. The van der Waals surface area contributed by atoms with E-state index in [0.29, 0.717) is 5.69 Å². The zero-order chi connectivity index (χ0) is 18.6. The second-order valence-electron chi connectivity index (χ2n) is 5.00. The number of anilines is 1. The number of benzene rings is 2. The molecule has 2 rings (SSSR count). The standard InChI is InChI=1S/C17H12Cl2N2O4/c1-9(25-17(24)13-5-3-11(18)6-15(13)22)16(23)21-12-4-2-10(8-20)14(19)7-12/h2-7,9,22H,1H3,(H,21,23)/t9-/m1/s1. The smallest absolute Gasteiger partial charge is 0.342 e. The molecule has 0 heterocycles. The number of esters is 1. The predicted octanol–water partition coefficient (Wildman–Crippen LogP) is 3.75. The quantitative estimate of drug-likeness (QED) is 0.789. The minimum absolute atomic E-state index is 0.106. The van der Waals surface area contributed by atoms with Crippen molar-refractivity contribution in [2.75, 3.05) is 5.32 Å². The van der Waals surface area contributed by atoms with Crippen molar-refractivity contribution >= 4 is 40.8 Å². The third-order valence-corrected chi connectivity index (χ3v) is 3.74. The second-order valence-corrected chi connectivity index (χ2v) is 5.85. The molecule has 128 valence electrons. The van der Waals surface area contributed by atoms with Crippen LogP contribution in [0.5, 0.6) is 5.75 Å². The fraction of sp³-hybridized carbons (Fsp3) is 0.118. The number of amides is 1. The first kappa shape index (κ1) is 18.6. The molecule has 2 N–H and O–H groups in total. The Kier molecular flexibility index (Phi) is 5.86. The van der Waals surface area contributed by atoms with E-state index in [1.807, 2.05) is 6.07 Å². The summed E-state index contributed by atoms with van der Waals surface area (Å²) in [6.07, 6.45) is -1.13. The van der Waals surface area contributed by atoms with Crippen LogP contribution in [-0.2, 0) is 9.53 Å². The van der Waals surface area contributed by atoms with Crippen LogP contribution in [-0.4, -0.2) is 23.1 Å². The number of rotatable bonds is 4. The van der Waals surface area contributed by atoms with Gasteiger partial charge in [0.05, 0.1) is 10.6 Å². The third kappa shape index (κ3) is 4.63. The molecule has 6 nitrogen and oxygen atoms in total. The highest BCUT2D eigenvalue weighted by molar-refractivity contribution is 6.32. The van der Waals surface area contributed by atoms with Crippen molar-refractivity contribution < 1.29 is 19.4 Å². The summed E-state index contributed by atoms with van der Waals surface area (Å²) in [5.41, 5.74) is 0.522. The molecule has 0 aromatic heterocycles. The lowest BCUT2D eigenvalue weighted by atomic mass is 10.2. The molecule has 1 atom stereocenters. The van der Waals surface area contributed by atoms with Crippen molar-refractivity contribution in [3.05, 3.63) is 57.6 Å². The Morgan fingerprint density at radius 2 is 1.96 bits per heavy atom. The lowest BCUT2D eigenvalue weighted by molar-refractivity contribution is -0.123. The Hall–Kier alpha value is -2.75. The van der Waals surface area contributed by atoms with E-state index in [0.717, 1.165) is 0 Å². The molecule has 0 saturated carbocycles. The van der Waals surface area contributed by atoms with Gasteiger partial charge in [-0.05, 0) is 43.3 Å². The molecular weight excluding hydrogens is 367 g/mol. The van der Waals surface area contributed by atoms with Crippen LogP contribution >= 0.6 is 23.2 Å². The third-order valence-electron chi connectivity index (χ3n) is 3.19. The summed E-state index contributed by atoms with van der Waals surface area (Å²) in [4.78, 5) is 24.1. The molecular formula is C17H12Cl2N2O4. The summed E-state index contributed by atoms with van der Waals surface area (Å²) >= 11 is 11.6. The van der Waals surface area contributed by atoms with Crippen LogP contribution in [0.4, 0.5) is 5.69 Å². The highest BCUT2D eigenvalue weighted by Gasteiger charge is 2.21. The number of hydrogen-bond donors (Lipinski definition) is 2. The number of ether oxygens (including phenoxy) is 1. The average molecular weight is 379 g/mol. The van der Waals surface area contributed by atoms with E-state index < -0.39 is 18.0 Å². The molecule has 8 heteroatoms. The van der Waals surface area contributed by atoms with Gasteiger partial charge >= 0.3 is 5.97 Å². The molecule has 0 bridgehead atoms. The zero-order valence-corrected chi connectivity index (χ0v) is 14.4. The second kappa shape index (κ2) is 7.88. The number of phenols is 1. The Morgan fingerprint density at radius 1 is 1.24 bits per heavy atom. The van der Waals surface area contributed by atoms with E-state index in [2.05, 4.69) is 5.32 Å². The van der Waals surface area contributed by atoms with Crippen LogP contribution in [0.25, 0.3) is 0 Å². The van der Waals surface area contributed by atoms with Gasteiger partial charge in [-0.15, -0.1) is 0 Å². The van der Waals surface area contributed by atoms with Crippen LogP contribution in [0.15, 0.2) is 36.4 Å². The van der Waals surface area contributed by atoms with Crippen molar-refractivity contribution in [2.24, 2.45) is 0 Å². The highest BCUT2D eigenvalue weighted by Crippen LogP contribution is 2.23. The Balaban J connectivity index is 2.04. The first-order chi connectivity index (χ1) is 11.8. The normalized spacial score (nSPS) is 11.3. The van der Waals surface area contributed by atoms with E-state index >= 15 is 0 Å². The van der Waals surface area contributed by atoms with Crippen LogP contribution in [0, 0.1) is 11.3 Å². The summed E-state index contributed by atoms with van der Waals surface area (Å²) in [5, 5.41) is 21.5. The van der Waals surface area contributed by atoms with Gasteiger partial charge < -0.3 is 15.2 Å². The maximum absolute atomic E-state index is 12.1. The lowest BCUT2D eigenvalue weighted by Gasteiger charge is -2.14. The monoisotopic (exact) mass is 378 g/mol. The molecule has 2 aromatic rings. The molecule has 0 saturated heterocycles. The molecule has 0 unspecified atom stereocenters. The number of carbonyl (C=O) groups excluding carboxylic acids is 2. The van der Waals surface area contributed by atoms with Crippen molar-refractivity contribution in [1.82, 2.24) is 0 Å². The summed E-state index contributed by atoms with van der Waals surface area (Å²) in [6.45, 7) is 1.38. The Labute approximate surface area is 153 Å². The SMILES string of the molecule is C[C@@H](OC(=O)c1ccc(Cl)cc1O)C(=O)Nc1ccc(C#N)c(Cl)c1. The van der Waals surface area contributed by atoms with Crippen molar-refractivity contribution in [2.45, 2.75) is 13.0 Å². The van der Waals surface area contributed by atoms with Gasteiger partial charge in [0, 0.05) is 10.7 Å². The summed E-state index contributed by atoms with van der Waals surface area (Å²) in [6, 6.07) is 10.2. The number of halogens is 2. The van der Waals surface area contributed by atoms with E-state index in [4.69, 9.17) is 33.2 Å². The Morgan fingerprint density at radius 3 is 2.56 bits per heavy atom. The lowest BCUT2D eigenvalue weighted by Crippen LogP contribution is -2.30. The minimum atomic E-state index is -1.13. The van der Waals surface area contributed by atoms with Crippen LogP contribution in [0.3, 0.4) is 0 Å². The van der Waals surface area contributed by atoms with E-state index in [1.54, 1.807) is 0 Å². The fourth-order valence-electron chi connectivity index (χ4n) is 1.88. The topological polar surface area (TPSA) is 99.4 Å². The van der Waals surface area contributed by atoms with Gasteiger partial charge in [0.15, 0.2) is 6.10 Å². The van der Waals surface area contributed by atoms with Crippen molar-refractivity contribution in [1.29, 1.82) is 5.26 Å². The first-order valence-corrected chi connectivity index (χ1v) is 7.77. The van der Waals surface area contributed by atoms with Crippen molar-refractivity contribution in [3.63, 3.8) is 0 Å². The zero-order valence-electron chi connectivity index (χ0n) is 12.9. The number of carbonyl (C=O) groups is 2. The molecule has 0 fully saturated rings. The van der Waals surface area contributed by atoms with Gasteiger partial charge in [-0.2, -0.15) is 5.26 Å².